The number of carbonyl (C=O) groups is 3. The number of carboxylic acids is 1. The van der Waals surface area contributed by atoms with Gasteiger partial charge in [0.05, 0.1) is 26.7 Å². The topological polar surface area (TPSA) is 116 Å². The Bertz CT molecular complexity index is 722. The van der Waals surface area contributed by atoms with E-state index in [4.69, 9.17) is 10.2 Å². The highest BCUT2D eigenvalue weighted by Crippen LogP contribution is 2.24. The smallest absolute Gasteiger partial charge is 0.303 e. The van der Waals surface area contributed by atoms with Gasteiger partial charge in [-0.05, 0) is 31.4 Å². The molecule has 1 fully saturated rings. The molecule has 2 rings (SSSR count). The summed E-state index contributed by atoms with van der Waals surface area (Å²) >= 11 is 0. The average Bonchev–Trinajstić information content (AvgIpc) is 2.70. The molecule has 30 heavy (non-hydrogen) atoms. The molecule has 1 aromatic carbocycles. The fourth-order valence-electron chi connectivity index (χ4n) is 4.10. The Morgan fingerprint density at radius 1 is 1.13 bits per heavy atom. The molecule has 0 spiro atoms. The highest BCUT2D eigenvalue weighted by atomic mass is 16.4. The van der Waals surface area contributed by atoms with Gasteiger partial charge >= 0.3 is 5.97 Å². The molecule has 1 aromatic rings. The van der Waals surface area contributed by atoms with Crippen molar-refractivity contribution in [1.29, 1.82) is 0 Å². The minimum atomic E-state index is -0.873. The first-order valence-corrected chi connectivity index (χ1v) is 10.6. The van der Waals surface area contributed by atoms with Gasteiger partial charge in [-0.15, -0.1) is 0 Å². The van der Waals surface area contributed by atoms with E-state index >= 15 is 0 Å². The van der Waals surface area contributed by atoms with Crippen molar-refractivity contribution in [2.24, 2.45) is 5.92 Å². The number of aliphatic hydroxyl groups is 1. The van der Waals surface area contributed by atoms with Gasteiger partial charge in [-0.1, -0.05) is 12.1 Å². The van der Waals surface area contributed by atoms with E-state index in [1.165, 1.54) is 0 Å². The molecule has 166 valence electrons. The molecule has 2 unspecified atom stereocenters. The molecule has 0 radical (unpaired) electrons. The molecule has 4 N–H and O–H groups in total. The second kappa shape index (κ2) is 11.7. The third-order valence-corrected chi connectivity index (χ3v) is 5.57. The summed E-state index contributed by atoms with van der Waals surface area (Å²) in [6.45, 7) is 3.69. The van der Waals surface area contributed by atoms with Crippen LogP contribution in [-0.4, -0.2) is 72.3 Å². The predicted octanol–water partition coefficient (Wildman–Crippen LogP) is 1.14. The number of aliphatic hydroxyl groups excluding tert-OH is 1. The molecule has 0 bridgehead atoms. The summed E-state index contributed by atoms with van der Waals surface area (Å²) in [5.41, 5.74) is 1.74. The number of nitrogens with one attached hydrogen (secondary N) is 2. The summed E-state index contributed by atoms with van der Waals surface area (Å²) in [6.07, 6.45) is 2.82. The Kier molecular flexibility index (Phi) is 9.26. The van der Waals surface area contributed by atoms with E-state index < -0.39 is 5.97 Å². The third-order valence-electron chi connectivity index (χ3n) is 5.57. The number of carbonyl (C=O) groups excluding carboxylic acids is 2. The van der Waals surface area contributed by atoms with Crippen LogP contribution < -0.4 is 10.6 Å². The van der Waals surface area contributed by atoms with Crippen molar-refractivity contribution in [1.82, 2.24) is 10.6 Å². The number of aliphatic carboxylic acids is 1. The molecule has 0 saturated carbocycles. The summed E-state index contributed by atoms with van der Waals surface area (Å²) in [5.74, 6) is -0.739. The van der Waals surface area contributed by atoms with Crippen LogP contribution in [0.25, 0.3) is 0 Å². The lowest BCUT2D eigenvalue weighted by molar-refractivity contribution is -0.930. The van der Waals surface area contributed by atoms with E-state index in [0.29, 0.717) is 24.4 Å². The Morgan fingerprint density at radius 2 is 1.87 bits per heavy atom. The Morgan fingerprint density at radius 3 is 2.53 bits per heavy atom. The number of amides is 2. The average molecular weight is 421 g/mol. The van der Waals surface area contributed by atoms with Gasteiger partial charge in [0.1, 0.15) is 6.54 Å². The second-order valence-electron chi connectivity index (χ2n) is 8.42. The van der Waals surface area contributed by atoms with E-state index in [1.807, 2.05) is 24.3 Å². The predicted molar refractivity (Wildman–Crippen MR) is 113 cm³/mol. The number of benzene rings is 1. The maximum atomic E-state index is 11.9. The van der Waals surface area contributed by atoms with Crippen LogP contribution in [0.15, 0.2) is 24.3 Å². The van der Waals surface area contributed by atoms with Gasteiger partial charge in [0.25, 0.3) is 5.91 Å². The van der Waals surface area contributed by atoms with Gasteiger partial charge < -0.3 is 25.3 Å². The molecule has 2 atom stereocenters. The van der Waals surface area contributed by atoms with Crippen LogP contribution in [0.2, 0.25) is 0 Å². The zero-order valence-corrected chi connectivity index (χ0v) is 17.7. The van der Waals surface area contributed by atoms with E-state index in [2.05, 4.69) is 17.7 Å². The number of hydrogen-bond acceptors (Lipinski definition) is 4. The lowest BCUT2D eigenvalue weighted by Gasteiger charge is -2.41. The highest BCUT2D eigenvalue weighted by molar-refractivity contribution is 5.94. The molecule has 1 aliphatic rings. The zero-order valence-electron chi connectivity index (χ0n) is 17.7. The lowest BCUT2D eigenvalue weighted by Crippen LogP contribution is -2.52. The molecule has 8 heteroatoms. The largest absolute Gasteiger partial charge is 0.481 e. The third kappa shape index (κ3) is 8.12. The van der Waals surface area contributed by atoms with Crippen molar-refractivity contribution < 1.29 is 29.1 Å². The maximum absolute atomic E-state index is 11.9. The number of piperidine rings is 1. The number of nitrogens with zero attached hydrogens (tertiary/aromatic N) is 1. The maximum Gasteiger partial charge on any atom is 0.303 e. The Labute approximate surface area is 177 Å². The standard InChI is InChI=1S/C22H33N3O5/c1-25(15-17-7-9-19(10-8-17)22(30)23-11-13-26)12-3-4-18(16-25)14-24-20(27)5-2-6-21(28)29/h7-10,18,26H,2-6,11-16H2,1H3,(H2-,23,24,27,28,29,30)/p+1. The van der Waals surface area contributed by atoms with Crippen LogP contribution in [0.3, 0.4) is 0 Å². The molecular formula is C22H34N3O5+. The van der Waals surface area contributed by atoms with Crippen LogP contribution in [-0.2, 0) is 16.1 Å². The fraction of sp³-hybridized carbons (Fsp3) is 0.591. The normalized spacial score (nSPS) is 21.1. The molecule has 8 nitrogen and oxygen atoms in total. The SMILES string of the molecule is C[N+]1(Cc2ccc(C(=O)NCCO)cc2)CCCC(CNC(=O)CCCC(=O)O)C1. The van der Waals surface area contributed by atoms with E-state index in [-0.39, 0.29) is 37.8 Å². The molecule has 0 aromatic heterocycles. The molecule has 0 aliphatic carbocycles. The first-order chi connectivity index (χ1) is 14.3. The minimum absolute atomic E-state index is 0.0215. The second-order valence-corrected chi connectivity index (χ2v) is 8.42. The number of carboxylic acid groups (broad SMARTS) is 1. The summed E-state index contributed by atoms with van der Waals surface area (Å²) in [7, 11) is 2.22. The first-order valence-electron chi connectivity index (χ1n) is 10.6. The Hall–Kier alpha value is -2.45. The Balaban J connectivity index is 1.82. The van der Waals surface area contributed by atoms with Gasteiger partial charge in [0.15, 0.2) is 0 Å². The number of quaternary nitrogens is 1. The lowest BCUT2D eigenvalue weighted by atomic mass is 9.95. The molecular weight excluding hydrogens is 386 g/mol. The van der Waals surface area contributed by atoms with E-state index in [0.717, 1.165) is 42.5 Å². The van der Waals surface area contributed by atoms with Crippen molar-refractivity contribution in [3.63, 3.8) is 0 Å². The van der Waals surface area contributed by atoms with E-state index in [1.54, 1.807) is 0 Å². The number of likely N-dealkylation sites (tertiary alicyclic amines) is 1. The quantitative estimate of drug-likeness (QED) is 0.401. The van der Waals surface area contributed by atoms with Crippen LogP contribution >= 0.6 is 0 Å². The van der Waals surface area contributed by atoms with Crippen LogP contribution in [0, 0.1) is 5.92 Å². The van der Waals surface area contributed by atoms with Gasteiger partial charge in [0, 0.05) is 43.0 Å². The van der Waals surface area contributed by atoms with Crippen molar-refractivity contribution in [2.45, 2.75) is 38.6 Å². The van der Waals surface area contributed by atoms with Crippen LogP contribution in [0.4, 0.5) is 0 Å². The monoisotopic (exact) mass is 420 g/mol. The van der Waals surface area contributed by atoms with Gasteiger partial charge in [0.2, 0.25) is 5.91 Å². The van der Waals surface area contributed by atoms with Crippen molar-refractivity contribution in [3.05, 3.63) is 35.4 Å². The first kappa shape index (κ1) is 23.8. The van der Waals surface area contributed by atoms with Gasteiger partial charge in [-0.25, -0.2) is 0 Å². The summed E-state index contributed by atoms with van der Waals surface area (Å²) in [6, 6.07) is 7.58. The molecule has 1 aliphatic heterocycles. The summed E-state index contributed by atoms with van der Waals surface area (Å²) in [5, 5.41) is 23.1. The number of rotatable bonds is 11. The van der Waals surface area contributed by atoms with Gasteiger partial charge in [-0.2, -0.15) is 0 Å². The van der Waals surface area contributed by atoms with E-state index in [9.17, 15) is 14.4 Å². The highest BCUT2D eigenvalue weighted by Gasteiger charge is 2.31. The van der Waals surface area contributed by atoms with Crippen molar-refractivity contribution in [3.8, 4) is 0 Å². The fourth-order valence-corrected chi connectivity index (χ4v) is 4.10. The zero-order chi connectivity index (χ0) is 22.0. The summed E-state index contributed by atoms with van der Waals surface area (Å²) < 4.78 is 0.885. The van der Waals surface area contributed by atoms with Crippen molar-refractivity contribution >= 4 is 17.8 Å². The molecule has 1 heterocycles. The van der Waals surface area contributed by atoms with Gasteiger partial charge in [-0.3, -0.25) is 14.4 Å². The van der Waals surface area contributed by atoms with Crippen LogP contribution in [0.1, 0.15) is 48.0 Å². The van der Waals surface area contributed by atoms with Crippen molar-refractivity contribution in [2.75, 3.05) is 39.8 Å². The van der Waals surface area contributed by atoms with Crippen LogP contribution in [0.5, 0.6) is 0 Å². The number of hydrogen-bond donors (Lipinski definition) is 4. The molecule has 2 amide bonds. The summed E-state index contributed by atoms with van der Waals surface area (Å²) in [4.78, 5) is 34.4. The minimum Gasteiger partial charge on any atom is -0.481 e. The molecule has 1 saturated heterocycles.